The van der Waals surface area contributed by atoms with Gasteiger partial charge in [0.1, 0.15) is 23.6 Å². The lowest BCUT2D eigenvalue weighted by Crippen LogP contribution is -2.35. The van der Waals surface area contributed by atoms with Crippen LogP contribution in [0.1, 0.15) is 29.7 Å². The molecule has 2 heterocycles. The zero-order valence-electron chi connectivity index (χ0n) is 18.4. The van der Waals surface area contributed by atoms with Crippen molar-refractivity contribution in [2.45, 2.75) is 34.8 Å². The van der Waals surface area contributed by atoms with E-state index in [1.807, 2.05) is 30.3 Å². The molecule has 0 spiro atoms. The maximum atomic E-state index is 14.4. The normalized spacial score (nSPS) is 15.5. The van der Waals surface area contributed by atoms with Crippen LogP contribution in [0.3, 0.4) is 0 Å². The molecule has 0 aliphatic carbocycles. The molecule has 178 valence electrons. The predicted octanol–water partition coefficient (Wildman–Crippen LogP) is 5.68. The van der Waals surface area contributed by atoms with Crippen LogP contribution < -0.4 is 0 Å². The van der Waals surface area contributed by atoms with Crippen molar-refractivity contribution < 1.29 is 28.0 Å². The number of rotatable bonds is 9. The first-order valence-corrected chi connectivity index (χ1v) is 11.4. The molecule has 1 aliphatic rings. The summed E-state index contributed by atoms with van der Waals surface area (Å²) in [5.41, 5.74) is 1.18. The van der Waals surface area contributed by atoms with Crippen molar-refractivity contribution in [3.05, 3.63) is 87.4 Å². The van der Waals surface area contributed by atoms with Crippen molar-refractivity contribution in [1.29, 1.82) is 0 Å². The van der Waals surface area contributed by atoms with Gasteiger partial charge in [-0.2, -0.15) is 0 Å². The Labute approximate surface area is 199 Å². The highest BCUT2D eigenvalue weighted by Crippen LogP contribution is 2.39. The van der Waals surface area contributed by atoms with Crippen LogP contribution in [0.4, 0.5) is 10.3 Å². The van der Waals surface area contributed by atoms with E-state index in [1.165, 1.54) is 36.2 Å². The second-order valence-corrected chi connectivity index (χ2v) is 8.82. The quantitative estimate of drug-likeness (QED) is 0.218. The number of furan rings is 1. The summed E-state index contributed by atoms with van der Waals surface area (Å²) >= 11 is 1.46. The first kappa shape index (κ1) is 23.9. The van der Waals surface area contributed by atoms with Gasteiger partial charge in [-0.1, -0.05) is 29.1 Å². The fourth-order valence-electron chi connectivity index (χ4n) is 3.70. The summed E-state index contributed by atoms with van der Waals surface area (Å²) in [5.74, 6) is -0.429. The Morgan fingerprint density at radius 3 is 2.59 bits per heavy atom. The third kappa shape index (κ3) is 5.82. The lowest BCUT2D eigenvalue weighted by atomic mass is 9.86. The van der Waals surface area contributed by atoms with Gasteiger partial charge in [-0.15, -0.1) is 0 Å². The summed E-state index contributed by atoms with van der Waals surface area (Å²) in [6.45, 7) is 1.39. The first-order chi connectivity index (χ1) is 16.5. The minimum Gasteiger partial charge on any atom is -0.400 e. The number of hydrogen-bond acceptors (Lipinski definition) is 8. The Balaban J connectivity index is 1.36. The van der Waals surface area contributed by atoms with Crippen molar-refractivity contribution in [2.75, 3.05) is 20.3 Å². The van der Waals surface area contributed by atoms with E-state index in [-0.39, 0.29) is 24.1 Å². The predicted molar refractivity (Wildman–Crippen MR) is 123 cm³/mol. The summed E-state index contributed by atoms with van der Waals surface area (Å²) in [7, 11) is 1.66. The van der Waals surface area contributed by atoms with Crippen LogP contribution in [0.5, 0.6) is 0 Å². The second-order valence-electron chi connectivity index (χ2n) is 7.67. The Kier molecular flexibility index (Phi) is 7.61. The SMILES string of the molecule is COC1(c2cc(F)cc(Sc3ccc(CON=Cc4ccc([N+](=O)[O-])o4)cc3)c2)CCOCC1. The maximum Gasteiger partial charge on any atom is 0.433 e. The number of oxime groups is 1. The monoisotopic (exact) mass is 486 g/mol. The minimum absolute atomic E-state index is 0.215. The van der Waals surface area contributed by atoms with E-state index in [0.29, 0.717) is 26.1 Å². The van der Waals surface area contributed by atoms with Crippen LogP contribution in [-0.2, 0) is 26.5 Å². The Morgan fingerprint density at radius 2 is 1.91 bits per heavy atom. The Hall–Kier alpha value is -3.21. The van der Waals surface area contributed by atoms with Gasteiger partial charge in [-0.3, -0.25) is 10.1 Å². The van der Waals surface area contributed by atoms with E-state index in [0.717, 1.165) is 20.9 Å². The second kappa shape index (κ2) is 10.8. The van der Waals surface area contributed by atoms with Gasteiger partial charge in [0, 0.05) is 43.0 Å². The molecule has 0 N–H and O–H groups in total. The molecule has 0 amide bonds. The molecular weight excluding hydrogens is 463 g/mol. The summed E-state index contributed by atoms with van der Waals surface area (Å²) in [6.07, 6.45) is 2.64. The van der Waals surface area contributed by atoms with Crippen LogP contribution in [0.2, 0.25) is 0 Å². The van der Waals surface area contributed by atoms with Gasteiger partial charge < -0.3 is 18.7 Å². The van der Waals surface area contributed by atoms with Crippen molar-refractivity contribution >= 4 is 23.9 Å². The van der Waals surface area contributed by atoms with E-state index in [2.05, 4.69) is 5.16 Å². The molecule has 2 aromatic carbocycles. The van der Waals surface area contributed by atoms with E-state index >= 15 is 0 Å². The number of ether oxygens (including phenoxy) is 2. The number of benzene rings is 2. The van der Waals surface area contributed by atoms with Gasteiger partial charge in [0.15, 0.2) is 5.76 Å². The van der Waals surface area contributed by atoms with Crippen LogP contribution in [0.25, 0.3) is 0 Å². The standard InChI is InChI=1S/C24H23FN2O6S/c1-30-24(8-10-31-11-9-24)18-12-19(25)14-22(13-18)34-21-5-2-17(3-6-21)16-32-26-15-20-4-7-23(33-20)27(28)29/h2-7,12-15H,8-11,16H2,1H3. The van der Waals surface area contributed by atoms with Gasteiger partial charge in [0.05, 0.1) is 11.7 Å². The number of nitro groups is 1. The molecule has 4 rings (SSSR count). The molecule has 0 unspecified atom stereocenters. The molecule has 0 saturated carbocycles. The fourth-order valence-corrected chi connectivity index (χ4v) is 4.60. The highest BCUT2D eigenvalue weighted by Gasteiger charge is 2.35. The third-order valence-electron chi connectivity index (χ3n) is 5.53. The number of methoxy groups -OCH3 is 1. The Morgan fingerprint density at radius 1 is 1.15 bits per heavy atom. The highest BCUT2D eigenvalue weighted by molar-refractivity contribution is 7.99. The van der Waals surface area contributed by atoms with Gasteiger partial charge in [-0.25, -0.2) is 4.39 Å². The molecule has 1 fully saturated rings. The minimum atomic E-state index is -0.622. The molecule has 0 atom stereocenters. The lowest BCUT2D eigenvalue weighted by molar-refractivity contribution is -0.402. The fraction of sp³-hybridized carbons (Fsp3) is 0.292. The molecule has 1 saturated heterocycles. The largest absolute Gasteiger partial charge is 0.433 e. The summed E-state index contributed by atoms with van der Waals surface area (Å²) in [5, 5.41) is 14.4. The molecule has 8 nitrogen and oxygen atoms in total. The molecule has 0 bridgehead atoms. The third-order valence-corrected chi connectivity index (χ3v) is 6.51. The van der Waals surface area contributed by atoms with Gasteiger partial charge in [0.2, 0.25) is 0 Å². The average molecular weight is 487 g/mol. The van der Waals surface area contributed by atoms with Crippen LogP contribution in [0.15, 0.2) is 74.0 Å². The molecule has 3 aromatic rings. The topological polar surface area (TPSA) is 96.3 Å². The van der Waals surface area contributed by atoms with Gasteiger partial charge >= 0.3 is 5.88 Å². The number of halogens is 1. The number of nitrogens with zero attached hydrogens (tertiary/aromatic N) is 2. The van der Waals surface area contributed by atoms with Crippen molar-refractivity contribution in [1.82, 2.24) is 0 Å². The summed E-state index contributed by atoms with van der Waals surface area (Å²) < 4.78 is 30.7. The molecule has 1 aromatic heterocycles. The van der Waals surface area contributed by atoms with E-state index in [9.17, 15) is 14.5 Å². The van der Waals surface area contributed by atoms with Crippen molar-refractivity contribution in [2.24, 2.45) is 5.16 Å². The first-order valence-electron chi connectivity index (χ1n) is 10.6. The highest BCUT2D eigenvalue weighted by atomic mass is 32.2. The molecule has 34 heavy (non-hydrogen) atoms. The molecule has 10 heteroatoms. The summed E-state index contributed by atoms with van der Waals surface area (Å²) in [6, 6.07) is 15.4. The van der Waals surface area contributed by atoms with Crippen LogP contribution in [0, 0.1) is 15.9 Å². The molecular formula is C24H23FN2O6S. The van der Waals surface area contributed by atoms with Crippen molar-refractivity contribution in [3.8, 4) is 0 Å². The van der Waals surface area contributed by atoms with E-state index < -0.39 is 10.5 Å². The number of hydrogen-bond donors (Lipinski definition) is 0. The zero-order chi connectivity index (χ0) is 24.0. The Bertz CT molecular complexity index is 1160. The van der Waals surface area contributed by atoms with Crippen LogP contribution in [-0.4, -0.2) is 31.5 Å². The lowest BCUT2D eigenvalue weighted by Gasteiger charge is -2.36. The average Bonchev–Trinajstić information content (AvgIpc) is 3.32. The van der Waals surface area contributed by atoms with Gasteiger partial charge in [-0.05, 0) is 47.5 Å². The maximum absolute atomic E-state index is 14.4. The van der Waals surface area contributed by atoms with Crippen LogP contribution >= 0.6 is 11.8 Å². The van der Waals surface area contributed by atoms with E-state index in [1.54, 1.807) is 13.2 Å². The zero-order valence-corrected chi connectivity index (χ0v) is 19.3. The molecule has 1 aliphatic heterocycles. The summed E-state index contributed by atoms with van der Waals surface area (Å²) in [4.78, 5) is 17.0. The molecule has 0 radical (unpaired) electrons. The van der Waals surface area contributed by atoms with Crippen molar-refractivity contribution in [3.63, 3.8) is 0 Å². The van der Waals surface area contributed by atoms with E-state index in [4.69, 9.17) is 18.7 Å². The van der Waals surface area contributed by atoms with Gasteiger partial charge in [0.25, 0.3) is 0 Å². The smallest absolute Gasteiger partial charge is 0.400 e.